The lowest BCUT2D eigenvalue weighted by Gasteiger charge is -2.41. The summed E-state index contributed by atoms with van der Waals surface area (Å²) in [7, 11) is 4.72. The van der Waals surface area contributed by atoms with Crippen molar-refractivity contribution in [1.82, 2.24) is 15.2 Å². The fourth-order valence-corrected chi connectivity index (χ4v) is 4.51. The highest BCUT2D eigenvalue weighted by Crippen LogP contribution is 2.31. The van der Waals surface area contributed by atoms with Gasteiger partial charge in [-0.3, -0.25) is 9.59 Å². The number of amides is 2. The maximum Gasteiger partial charge on any atom is 0.263 e. The van der Waals surface area contributed by atoms with Crippen molar-refractivity contribution in [2.24, 2.45) is 0 Å². The highest BCUT2D eigenvalue weighted by molar-refractivity contribution is 5.95. The standard InChI is InChI=1S/C27H32N4O5/c1-17-16-30(25-22-15-21(34-4)8-6-19(22)10-11-29-25)12-13-31(17)27(33)18(2)36-23-9-7-20(26(32)28-3)14-24(23)35-5/h6-11,14-15,17-18H,12-13,16H2,1-5H3,(H,28,32). The minimum atomic E-state index is -0.723. The van der Waals surface area contributed by atoms with Crippen molar-refractivity contribution >= 4 is 28.4 Å². The number of hydrogen-bond donors (Lipinski definition) is 1. The summed E-state index contributed by atoms with van der Waals surface area (Å²) in [5.74, 6) is 2.14. The Balaban J connectivity index is 1.46. The number of hydrogen-bond acceptors (Lipinski definition) is 7. The first-order valence-electron chi connectivity index (χ1n) is 11.9. The van der Waals surface area contributed by atoms with Crippen molar-refractivity contribution in [3.05, 3.63) is 54.2 Å². The highest BCUT2D eigenvalue weighted by Gasteiger charge is 2.32. The van der Waals surface area contributed by atoms with E-state index < -0.39 is 6.10 Å². The molecule has 4 rings (SSSR count). The lowest BCUT2D eigenvalue weighted by molar-refractivity contribution is -0.140. The average molecular weight is 493 g/mol. The molecule has 0 bridgehead atoms. The molecule has 0 spiro atoms. The number of piperazine rings is 1. The molecule has 1 aliphatic heterocycles. The van der Waals surface area contributed by atoms with E-state index in [1.807, 2.05) is 42.3 Å². The number of carbonyl (C=O) groups is 2. The van der Waals surface area contributed by atoms with Crippen LogP contribution < -0.4 is 24.4 Å². The van der Waals surface area contributed by atoms with Gasteiger partial charge in [0.25, 0.3) is 11.8 Å². The Hall–Kier alpha value is -4.01. The number of ether oxygens (including phenoxy) is 3. The number of pyridine rings is 1. The van der Waals surface area contributed by atoms with Crippen LogP contribution in [0.1, 0.15) is 24.2 Å². The zero-order chi connectivity index (χ0) is 25.8. The van der Waals surface area contributed by atoms with Gasteiger partial charge in [-0.15, -0.1) is 0 Å². The maximum absolute atomic E-state index is 13.3. The van der Waals surface area contributed by atoms with E-state index in [1.54, 1.807) is 39.3 Å². The Morgan fingerprint density at radius 3 is 2.56 bits per heavy atom. The van der Waals surface area contributed by atoms with Gasteiger partial charge in [-0.05, 0) is 55.6 Å². The lowest BCUT2D eigenvalue weighted by Crippen LogP contribution is -2.56. The zero-order valence-corrected chi connectivity index (χ0v) is 21.3. The molecule has 1 fully saturated rings. The van der Waals surface area contributed by atoms with Crippen LogP contribution in [0.25, 0.3) is 10.8 Å². The summed E-state index contributed by atoms with van der Waals surface area (Å²) in [6.07, 6.45) is 1.09. The van der Waals surface area contributed by atoms with E-state index in [-0.39, 0.29) is 17.9 Å². The third-order valence-electron chi connectivity index (χ3n) is 6.47. The minimum absolute atomic E-state index is 0.0440. The number of carbonyl (C=O) groups excluding carboxylic acids is 2. The van der Waals surface area contributed by atoms with Gasteiger partial charge in [-0.25, -0.2) is 4.98 Å². The molecule has 2 heterocycles. The monoisotopic (exact) mass is 492 g/mol. The summed E-state index contributed by atoms with van der Waals surface area (Å²) in [5, 5.41) is 4.69. The van der Waals surface area contributed by atoms with Gasteiger partial charge in [0.2, 0.25) is 0 Å². The molecule has 0 saturated carbocycles. The van der Waals surface area contributed by atoms with Gasteiger partial charge in [0, 0.05) is 49.9 Å². The molecule has 9 nitrogen and oxygen atoms in total. The van der Waals surface area contributed by atoms with Crippen LogP contribution in [0.2, 0.25) is 0 Å². The Labute approximate surface area is 210 Å². The van der Waals surface area contributed by atoms with Crippen molar-refractivity contribution in [3.63, 3.8) is 0 Å². The second-order valence-corrected chi connectivity index (χ2v) is 8.75. The first-order valence-corrected chi connectivity index (χ1v) is 11.9. The predicted octanol–water partition coefficient (Wildman–Crippen LogP) is 3.12. The van der Waals surface area contributed by atoms with Crippen LogP contribution in [0.15, 0.2) is 48.7 Å². The molecule has 3 aromatic rings. The number of anilines is 1. The molecule has 1 aliphatic rings. The first kappa shape index (κ1) is 25.1. The number of fused-ring (bicyclic) bond motifs is 1. The van der Waals surface area contributed by atoms with Crippen LogP contribution in [0, 0.1) is 0 Å². The normalized spacial score (nSPS) is 16.4. The topological polar surface area (TPSA) is 93.2 Å². The van der Waals surface area contributed by atoms with Crippen molar-refractivity contribution in [2.75, 3.05) is 45.8 Å². The van der Waals surface area contributed by atoms with Crippen LogP contribution in [-0.4, -0.2) is 74.7 Å². The summed E-state index contributed by atoms with van der Waals surface area (Å²) in [4.78, 5) is 33.9. The van der Waals surface area contributed by atoms with Gasteiger partial charge in [0.05, 0.1) is 14.2 Å². The molecule has 2 aromatic carbocycles. The zero-order valence-electron chi connectivity index (χ0n) is 21.3. The Bertz CT molecular complexity index is 1260. The van der Waals surface area contributed by atoms with Crippen LogP contribution in [-0.2, 0) is 4.79 Å². The SMILES string of the molecule is CNC(=O)c1ccc(OC(C)C(=O)N2CCN(c3nccc4ccc(OC)cc34)CC2C)c(OC)c1. The molecule has 1 N–H and O–H groups in total. The van der Waals surface area contributed by atoms with E-state index in [1.165, 1.54) is 7.11 Å². The number of methoxy groups -OCH3 is 2. The van der Waals surface area contributed by atoms with Crippen LogP contribution in [0.4, 0.5) is 5.82 Å². The number of rotatable bonds is 7. The summed E-state index contributed by atoms with van der Waals surface area (Å²) in [6.45, 7) is 5.60. The quantitative estimate of drug-likeness (QED) is 0.542. The van der Waals surface area contributed by atoms with E-state index in [4.69, 9.17) is 14.2 Å². The van der Waals surface area contributed by atoms with Crippen LogP contribution >= 0.6 is 0 Å². The van der Waals surface area contributed by atoms with Crippen LogP contribution in [0.5, 0.6) is 17.2 Å². The Morgan fingerprint density at radius 2 is 1.86 bits per heavy atom. The van der Waals surface area contributed by atoms with Gasteiger partial charge in [-0.1, -0.05) is 6.07 Å². The molecule has 9 heteroatoms. The average Bonchev–Trinajstić information content (AvgIpc) is 2.91. The minimum Gasteiger partial charge on any atom is -0.497 e. The van der Waals surface area contributed by atoms with E-state index in [0.29, 0.717) is 36.7 Å². The van der Waals surface area contributed by atoms with Gasteiger partial charge < -0.3 is 29.3 Å². The van der Waals surface area contributed by atoms with E-state index in [2.05, 4.69) is 15.2 Å². The molecule has 0 radical (unpaired) electrons. The van der Waals surface area contributed by atoms with Gasteiger partial charge in [0.15, 0.2) is 17.6 Å². The number of nitrogens with one attached hydrogen (secondary N) is 1. The highest BCUT2D eigenvalue weighted by atomic mass is 16.5. The third kappa shape index (κ3) is 5.00. The van der Waals surface area contributed by atoms with Gasteiger partial charge in [-0.2, -0.15) is 0 Å². The number of aromatic nitrogens is 1. The summed E-state index contributed by atoms with van der Waals surface area (Å²) < 4.78 is 16.8. The molecule has 2 atom stereocenters. The molecule has 2 amide bonds. The molecular formula is C27H32N4O5. The van der Waals surface area contributed by atoms with Crippen molar-refractivity contribution in [3.8, 4) is 17.2 Å². The van der Waals surface area contributed by atoms with Crippen LogP contribution in [0.3, 0.4) is 0 Å². The second-order valence-electron chi connectivity index (χ2n) is 8.75. The van der Waals surface area contributed by atoms with Gasteiger partial charge in [0.1, 0.15) is 11.6 Å². The lowest BCUT2D eigenvalue weighted by atomic mass is 10.1. The number of benzene rings is 2. The molecule has 1 aromatic heterocycles. The molecule has 1 saturated heterocycles. The summed E-state index contributed by atoms with van der Waals surface area (Å²) in [6, 6.07) is 12.8. The molecule has 190 valence electrons. The summed E-state index contributed by atoms with van der Waals surface area (Å²) >= 11 is 0. The molecule has 2 unspecified atom stereocenters. The first-order chi connectivity index (χ1) is 17.4. The van der Waals surface area contributed by atoms with E-state index in [9.17, 15) is 9.59 Å². The Kier molecular flexibility index (Phi) is 7.47. The van der Waals surface area contributed by atoms with E-state index >= 15 is 0 Å². The molecular weight excluding hydrogens is 460 g/mol. The second kappa shape index (κ2) is 10.7. The predicted molar refractivity (Wildman–Crippen MR) is 138 cm³/mol. The molecule has 36 heavy (non-hydrogen) atoms. The van der Waals surface area contributed by atoms with Gasteiger partial charge >= 0.3 is 0 Å². The molecule has 0 aliphatic carbocycles. The van der Waals surface area contributed by atoms with Crippen molar-refractivity contribution in [1.29, 1.82) is 0 Å². The van der Waals surface area contributed by atoms with Crippen molar-refractivity contribution < 1.29 is 23.8 Å². The van der Waals surface area contributed by atoms with E-state index in [0.717, 1.165) is 22.3 Å². The largest absolute Gasteiger partial charge is 0.497 e. The fourth-order valence-electron chi connectivity index (χ4n) is 4.51. The maximum atomic E-state index is 13.3. The fraction of sp³-hybridized carbons (Fsp3) is 0.370. The summed E-state index contributed by atoms with van der Waals surface area (Å²) in [5.41, 5.74) is 0.449. The smallest absolute Gasteiger partial charge is 0.263 e. The Morgan fingerprint density at radius 1 is 1.06 bits per heavy atom. The number of nitrogens with zero attached hydrogens (tertiary/aromatic N) is 3. The van der Waals surface area contributed by atoms with Crippen molar-refractivity contribution in [2.45, 2.75) is 26.0 Å². The third-order valence-corrected chi connectivity index (χ3v) is 6.47.